The molecule has 1 aliphatic heterocycles. The molecule has 1 saturated heterocycles. The van der Waals surface area contributed by atoms with Crippen LogP contribution in [-0.2, 0) is 13.1 Å². The van der Waals surface area contributed by atoms with Gasteiger partial charge < -0.3 is 4.52 Å². The standard InChI is InChI=1S/C18H22N6O/c1-14-9-20-24(11-14)12-16-6-2-3-8-23(16)13-17-21-18(22-25-17)15-5-4-7-19-10-15/h4-5,7,9-11,16H,2-3,6,8,12-13H2,1H3/t16-/m1/s1. The summed E-state index contributed by atoms with van der Waals surface area (Å²) in [5.74, 6) is 1.25. The first kappa shape index (κ1) is 16.0. The van der Waals surface area contributed by atoms with Gasteiger partial charge in [0.2, 0.25) is 11.7 Å². The Bertz CT molecular complexity index is 812. The molecule has 3 aromatic rings. The molecular formula is C18H22N6O. The molecule has 0 bridgehead atoms. The molecule has 0 N–H and O–H groups in total. The van der Waals surface area contributed by atoms with Crippen molar-refractivity contribution in [2.75, 3.05) is 6.54 Å². The van der Waals surface area contributed by atoms with Crippen molar-refractivity contribution in [2.45, 2.75) is 45.3 Å². The first-order valence-electron chi connectivity index (χ1n) is 8.74. The van der Waals surface area contributed by atoms with Crippen molar-refractivity contribution in [3.8, 4) is 11.4 Å². The molecule has 4 heterocycles. The molecule has 0 radical (unpaired) electrons. The van der Waals surface area contributed by atoms with Crippen LogP contribution >= 0.6 is 0 Å². The number of nitrogens with zero attached hydrogens (tertiary/aromatic N) is 6. The topological polar surface area (TPSA) is 72.9 Å². The fourth-order valence-electron chi connectivity index (χ4n) is 3.36. The molecule has 0 spiro atoms. The Kier molecular flexibility index (Phi) is 4.56. The van der Waals surface area contributed by atoms with Crippen LogP contribution in [0.15, 0.2) is 41.4 Å². The highest BCUT2D eigenvalue weighted by atomic mass is 16.5. The molecule has 3 aromatic heterocycles. The molecule has 1 aliphatic rings. The molecule has 1 atom stereocenters. The number of rotatable bonds is 5. The van der Waals surface area contributed by atoms with Crippen molar-refractivity contribution in [1.82, 2.24) is 29.8 Å². The number of hydrogen-bond acceptors (Lipinski definition) is 6. The predicted octanol–water partition coefficient (Wildman–Crippen LogP) is 2.69. The molecule has 1 fully saturated rings. The van der Waals surface area contributed by atoms with Crippen molar-refractivity contribution in [3.63, 3.8) is 0 Å². The van der Waals surface area contributed by atoms with E-state index in [2.05, 4.69) is 38.2 Å². The number of likely N-dealkylation sites (tertiary alicyclic amines) is 1. The monoisotopic (exact) mass is 338 g/mol. The Morgan fingerprint density at radius 3 is 3.04 bits per heavy atom. The van der Waals surface area contributed by atoms with Crippen LogP contribution in [0.4, 0.5) is 0 Å². The van der Waals surface area contributed by atoms with E-state index in [1.54, 1.807) is 12.4 Å². The summed E-state index contributed by atoms with van der Waals surface area (Å²) in [6, 6.07) is 4.26. The number of aryl methyl sites for hydroxylation is 1. The molecule has 130 valence electrons. The molecular weight excluding hydrogens is 316 g/mol. The average Bonchev–Trinajstić information content (AvgIpc) is 3.27. The summed E-state index contributed by atoms with van der Waals surface area (Å²) < 4.78 is 7.51. The zero-order chi connectivity index (χ0) is 17.1. The van der Waals surface area contributed by atoms with Gasteiger partial charge in [0, 0.05) is 30.2 Å². The van der Waals surface area contributed by atoms with Crippen LogP contribution in [0.5, 0.6) is 0 Å². The lowest BCUT2D eigenvalue weighted by Gasteiger charge is -2.34. The minimum atomic E-state index is 0.446. The second-order valence-electron chi connectivity index (χ2n) is 6.61. The number of piperidine rings is 1. The fourth-order valence-corrected chi connectivity index (χ4v) is 3.36. The molecule has 7 heteroatoms. The summed E-state index contributed by atoms with van der Waals surface area (Å²) in [5.41, 5.74) is 2.07. The van der Waals surface area contributed by atoms with E-state index < -0.39 is 0 Å². The third-order valence-electron chi connectivity index (χ3n) is 4.64. The van der Waals surface area contributed by atoms with Crippen LogP contribution in [0, 0.1) is 6.92 Å². The number of aromatic nitrogens is 5. The van der Waals surface area contributed by atoms with Gasteiger partial charge in [-0.1, -0.05) is 11.6 Å². The summed E-state index contributed by atoms with van der Waals surface area (Å²) >= 11 is 0. The van der Waals surface area contributed by atoms with E-state index in [9.17, 15) is 0 Å². The van der Waals surface area contributed by atoms with E-state index in [1.165, 1.54) is 24.8 Å². The fraction of sp³-hybridized carbons (Fsp3) is 0.444. The first-order valence-corrected chi connectivity index (χ1v) is 8.74. The minimum absolute atomic E-state index is 0.446. The zero-order valence-corrected chi connectivity index (χ0v) is 14.4. The zero-order valence-electron chi connectivity index (χ0n) is 14.4. The van der Waals surface area contributed by atoms with Gasteiger partial charge in [0.05, 0.1) is 19.3 Å². The lowest BCUT2D eigenvalue weighted by atomic mass is 10.0. The highest BCUT2D eigenvalue weighted by Gasteiger charge is 2.25. The van der Waals surface area contributed by atoms with Gasteiger partial charge >= 0.3 is 0 Å². The van der Waals surface area contributed by atoms with Crippen LogP contribution in [0.25, 0.3) is 11.4 Å². The maximum atomic E-state index is 5.47. The molecule has 0 aromatic carbocycles. The van der Waals surface area contributed by atoms with E-state index in [0.717, 1.165) is 18.7 Å². The molecule has 0 aliphatic carbocycles. The van der Waals surface area contributed by atoms with Crippen molar-refractivity contribution in [3.05, 3.63) is 48.4 Å². The third-order valence-corrected chi connectivity index (χ3v) is 4.64. The van der Waals surface area contributed by atoms with Gasteiger partial charge in [0.25, 0.3) is 0 Å². The van der Waals surface area contributed by atoms with Crippen LogP contribution < -0.4 is 0 Å². The van der Waals surface area contributed by atoms with Crippen LogP contribution in [0.2, 0.25) is 0 Å². The van der Waals surface area contributed by atoms with Gasteiger partial charge in [0.15, 0.2) is 0 Å². The average molecular weight is 338 g/mol. The van der Waals surface area contributed by atoms with Gasteiger partial charge in [-0.05, 0) is 44.0 Å². The van der Waals surface area contributed by atoms with Gasteiger partial charge in [-0.3, -0.25) is 14.6 Å². The molecule has 7 nitrogen and oxygen atoms in total. The Balaban J connectivity index is 1.45. The van der Waals surface area contributed by atoms with Gasteiger partial charge in [-0.15, -0.1) is 0 Å². The normalized spacial score (nSPS) is 18.5. The van der Waals surface area contributed by atoms with E-state index in [4.69, 9.17) is 4.52 Å². The first-order chi connectivity index (χ1) is 12.3. The predicted molar refractivity (Wildman–Crippen MR) is 92.5 cm³/mol. The SMILES string of the molecule is Cc1cnn(C[C@H]2CCCCN2Cc2nc(-c3cccnc3)no2)c1. The summed E-state index contributed by atoms with van der Waals surface area (Å²) in [6.07, 6.45) is 11.1. The molecule has 25 heavy (non-hydrogen) atoms. The van der Waals surface area contributed by atoms with Crippen molar-refractivity contribution in [1.29, 1.82) is 0 Å². The molecule has 4 rings (SSSR count). The Hall–Kier alpha value is -2.54. The van der Waals surface area contributed by atoms with E-state index >= 15 is 0 Å². The van der Waals surface area contributed by atoms with Gasteiger partial charge in [-0.2, -0.15) is 10.1 Å². The van der Waals surface area contributed by atoms with Crippen molar-refractivity contribution < 1.29 is 4.52 Å². The highest BCUT2D eigenvalue weighted by Crippen LogP contribution is 2.22. The largest absolute Gasteiger partial charge is 0.338 e. The molecule has 0 unspecified atom stereocenters. The van der Waals surface area contributed by atoms with Gasteiger partial charge in [-0.25, -0.2) is 0 Å². The highest BCUT2D eigenvalue weighted by molar-refractivity contribution is 5.51. The van der Waals surface area contributed by atoms with Crippen molar-refractivity contribution in [2.24, 2.45) is 0 Å². The summed E-state index contributed by atoms with van der Waals surface area (Å²) in [4.78, 5) is 11.1. The maximum absolute atomic E-state index is 5.47. The van der Waals surface area contributed by atoms with Gasteiger partial charge in [0.1, 0.15) is 0 Å². The quantitative estimate of drug-likeness (QED) is 0.712. The van der Waals surface area contributed by atoms with Crippen LogP contribution in [-0.4, -0.2) is 42.4 Å². The van der Waals surface area contributed by atoms with E-state index in [-0.39, 0.29) is 0 Å². The van der Waals surface area contributed by atoms with Crippen LogP contribution in [0.3, 0.4) is 0 Å². The Morgan fingerprint density at radius 2 is 2.24 bits per heavy atom. The number of hydrogen-bond donors (Lipinski definition) is 0. The van der Waals surface area contributed by atoms with Crippen molar-refractivity contribution >= 4 is 0 Å². The second kappa shape index (κ2) is 7.14. The summed E-state index contributed by atoms with van der Waals surface area (Å²) in [7, 11) is 0. The van der Waals surface area contributed by atoms with E-state index in [0.29, 0.717) is 24.3 Å². The second-order valence-corrected chi connectivity index (χ2v) is 6.61. The minimum Gasteiger partial charge on any atom is -0.338 e. The third kappa shape index (κ3) is 3.76. The lowest BCUT2D eigenvalue weighted by Crippen LogP contribution is -2.41. The Labute approximate surface area is 146 Å². The molecule has 0 amide bonds. The van der Waals surface area contributed by atoms with E-state index in [1.807, 2.05) is 23.0 Å². The molecule has 0 saturated carbocycles. The van der Waals surface area contributed by atoms with Crippen LogP contribution in [0.1, 0.15) is 30.7 Å². The Morgan fingerprint density at radius 1 is 1.28 bits per heavy atom. The summed E-state index contributed by atoms with van der Waals surface area (Å²) in [5, 5.41) is 8.52. The maximum Gasteiger partial charge on any atom is 0.241 e. The summed E-state index contributed by atoms with van der Waals surface area (Å²) in [6.45, 7) is 4.70. The smallest absolute Gasteiger partial charge is 0.241 e. The number of pyridine rings is 1. The lowest BCUT2D eigenvalue weighted by molar-refractivity contribution is 0.108.